The molecule has 0 saturated carbocycles. The van der Waals surface area contributed by atoms with Crippen LogP contribution in [0.1, 0.15) is 28.8 Å². The fraction of sp³-hybridized carbons (Fsp3) is 0.333. The molecule has 0 aliphatic carbocycles. The molecule has 1 saturated heterocycles. The van der Waals surface area contributed by atoms with Gasteiger partial charge < -0.3 is 11.1 Å². The molecule has 30 heavy (non-hydrogen) atoms. The van der Waals surface area contributed by atoms with Crippen LogP contribution in [0.5, 0.6) is 0 Å². The summed E-state index contributed by atoms with van der Waals surface area (Å²) in [5.74, 6) is -0.847. The highest BCUT2D eigenvalue weighted by Gasteiger charge is 2.23. The average Bonchev–Trinajstić information content (AvgIpc) is 2.69. The summed E-state index contributed by atoms with van der Waals surface area (Å²) in [6.45, 7) is 2.26. The van der Waals surface area contributed by atoms with Crippen LogP contribution in [0.15, 0.2) is 47.4 Å². The topological polar surface area (TPSA) is 110 Å². The summed E-state index contributed by atoms with van der Waals surface area (Å²) in [5.41, 5.74) is 7.14. The van der Waals surface area contributed by atoms with Crippen LogP contribution in [-0.2, 0) is 21.2 Å². The first-order valence-corrected chi connectivity index (χ1v) is 11.8. The lowest BCUT2D eigenvalue weighted by atomic mass is 9.97. The number of carbonyl (C=O) groups excluding carboxylic acids is 2. The van der Waals surface area contributed by atoms with Crippen LogP contribution in [-0.4, -0.2) is 44.5 Å². The number of piperidine rings is 1. The van der Waals surface area contributed by atoms with E-state index in [4.69, 9.17) is 17.3 Å². The van der Waals surface area contributed by atoms with Crippen molar-refractivity contribution in [3.63, 3.8) is 0 Å². The number of primary amides is 1. The minimum Gasteiger partial charge on any atom is -0.369 e. The summed E-state index contributed by atoms with van der Waals surface area (Å²) in [6.07, 6.45) is 2.85. The molecule has 0 bridgehead atoms. The molecule has 1 aliphatic heterocycles. The molecular weight excluding hydrogens is 426 g/mol. The lowest BCUT2D eigenvalue weighted by Crippen LogP contribution is -2.40. The Balaban J connectivity index is 1.66. The fourth-order valence-corrected chi connectivity index (χ4v) is 4.34. The van der Waals surface area contributed by atoms with Crippen molar-refractivity contribution in [3.8, 4) is 0 Å². The molecule has 1 unspecified atom stereocenters. The number of carbonyl (C=O) groups is 2. The van der Waals surface area contributed by atoms with Gasteiger partial charge in [-0.05, 0) is 55.3 Å². The van der Waals surface area contributed by atoms with Crippen molar-refractivity contribution in [2.24, 2.45) is 11.7 Å². The van der Waals surface area contributed by atoms with E-state index in [0.29, 0.717) is 18.8 Å². The molecular formula is C21H24ClN3O4S. The smallest absolute Gasteiger partial charge is 0.257 e. The maximum atomic E-state index is 12.6. The van der Waals surface area contributed by atoms with E-state index in [1.165, 1.54) is 18.2 Å². The molecule has 1 heterocycles. The number of sulfone groups is 1. The van der Waals surface area contributed by atoms with Gasteiger partial charge in [-0.15, -0.1) is 0 Å². The number of hydrogen-bond donors (Lipinski definition) is 2. The Kier molecular flexibility index (Phi) is 6.80. The Hall–Kier alpha value is -2.42. The van der Waals surface area contributed by atoms with Crippen LogP contribution >= 0.6 is 11.6 Å². The normalized spacial score (nSPS) is 17.5. The molecule has 0 aromatic heterocycles. The summed E-state index contributed by atoms with van der Waals surface area (Å²) in [6, 6.07) is 11.4. The quantitative estimate of drug-likeness (QED) is 0.704. The zero-order valence-corrected chi connectivity index (χ0v) is 18.2. The zero-order chi connectivity index (χ0) is 21.9. The number of nitrogens with one attached hydrogen (secondary N) is 1. The van der Waals surface area contributed by atoms with Gasteiger partial charge in [0, 0.05) is 25.0 Å². The molecule has 160 valence electrons. The van der Waals surface area contributed by atoms with Crippen molar-refractivity contribution in [1.82, 2.24) is 4.90 Å². The SMILES string of the molecule is CS(=O)(=O)c1ccc(Cl)c(C(=O)Nc2ccc(CN3CCCC(C(N)=O)C3)cc2)c1. The Labute approximate surface area is 181 Å². The van der Waals surface area contributed by atoms with Crippen LogP contribution in [0.3, 0.4) is 0 Å². The molecule has 9 heteroatoms. The van der Waals surface area contributed by atoms with Gasteiger partial charge in [-0.25, -0.2) is 8.42 Å². The largest absolute Gasteiger partial charge is 0.369 e. The molecule has 3 N–H and O–H groups in total. The summed E-state index contributed by atoms with van der Waals surface area (Å²) in [5, 5.41) is 2.91. The second-order valence-corrected chi connectivity index (χ2v) is 9.96. The molecule has 3 rings (SSSR count). The minimum absolute atomic E-state index is 0.0307. The van der Waals surface area contributed by atoms with Gasteiger partial charge >= 0.3 is 0 Å². The van der Waals surface area contributed by atoms with Gasteiger partial charge in [0.15, 0.2) is 9.84 Å². The molecule has 2 aromatic rings. The highest BCUT2D eigenvalue weighted by Crippen LogP contribution is 2.23. The Morgan fingerprint density at radius 1 is 1.20 bits per heavy atom. The van der Waals surface area contributed by atoms with Gasteiger partial charge in [0.1, 0.15) is 0 Å². The van der Waals surface area contributed by atoms with Crippen LogP contribution in [0.2, 0.25) is 5.02 Å². The Morgan fingerprint density at radius 2 is 1.90 bits per heavy atom. The Bertz CT molecular complexity index is 1050. The van der Waals surface area contributed by atoms with Crippen LogP contribution < -0.4 is 11.1 Å². The summed E-state index contributed by atoms with van der Waals surface area (Å²) < 4.78 is 23.5. The maximum absolute atomic E-state index is 12.6. The number of halogens is 1. The van der Waals surface area contributed by atoms with E-state index >= 15 is 0 Å². The molecule has 1 aliphatic rings. The first-order chi connectivity index (χ1) is 14.1. The molecule has 0 radical (unpaired) electrons. The van der Waals surface area contributed by atoms with E-state index in [9.17, 15) is 18.0 Å². The van der Waals surface area contributed by atoms with Crippen molar-refractivity contribution in [2.45, 2.75) is 24.3 Å². The number of hydrogen-bond acceptors (Lipinski definition) is 5. The number of anilines is 1. The van der Waals surface area contributed by atoms with Gasteiger partial charge in [0.25, 0.3) is 5.91 Å². The number of benzene rings is 2. The van der Waals surface area contributed by atoms with E-state index in [0.717, 1.165) is 31.2 Å². The highest BCUT2D eigenvalue weighted by atomic mass is 35.5. The third-order valence-electron chi connectivity index (χ3n) is 5.14. The fourth-order valence-electron chi connectivity index (χ4n) is 3.49. The lowest BCUT2D eigenvalue weighted by molar-refractivity contribution is -0.123. The van der Waals surface area contributed by atoms with E-state index < -0.39 is 15.7 Å². The van der Waals surface area contributed by atoms with Gasteiger partial charge in [-0.2, -0.15) is 0 Å². The molecule has 1 fully saturated rings. The standard InChI is InChI=1S/C21H24ClN3O4S/c1-30(28,29)17-8-9-19(22)18(11-17)21(27)24-16-6-4-14(5-7-16)12-25-10-2-3-15(13-25)20(23)26/h4-9,11,15H,2-3,10,12-13H2,1H3,(H2,23,26)(H,24,27). The van der Waals surface area contributed by atoms with E-state index in [1.54, 1.807) is 12.1 Å². The van der Waals surface area contributed by atoms with Crippen LogP contribution in [0.4, 0.5) is 5.69 Å². The molecule has 1 atom stereocenters. The third-order valence-corrected chi connectivity index (χ3v) is 6.58. The molecule has 7 nitrogen and oxygen atoms in total. The molecule has 2 aromatic carbocycles. The summed E-state index contributed by atoms with van der Waals surface area (Å²) >= 11 is 6.08. The maximum Gasteiger partial charge on any atom is 0.257 e. The second-order valence-electron chi connectivity index (χ2n) is 7.54. The predicted octanol–water partition coefficient (Wildman–Crippen LogP) is 2.69. The van der Waals surface area contributed by atoms with E-state index in [-0.39, 0.29) is 27.3 Å². The van der Waals surface area contributed by atoms with Crippen LogP contribution in [0.25, 0.3) is 0 Å². The summed E-state index contributed by atoms with van der Waals surface area (Å²) in [4.78, 5) is 26.2. The van der Waals surface area contributed by atoms with Crippen LogP contribution in [0, 0.1) is 5.92 Å². The number of rotatable bonds is 6. The Morgan fingerprint density at radius 3 is 2.53 bits per heavy atom. The van der Waals surface area contributed by atoms with Gasteiger partial charge in [-0.3, -0.25) is 14.5 Å². The third kappa shape index (κ3) is 5.59. The first-order valence-electron chi connectivity index (χ1n) is 9.55. The van der Waals surface area contributed by atoms with E-state index in [1.807, 2.05) is 12.1 Å². The number of nitrogens with two attached hydrogens (primary N) is 1. The van der Waals surface area contributed by atoms with Crippen molar-refractivity contribution < 1.29 is 18.0 Å². The van der Waals surface area contributed by atoms with Crippen molar-refractivity contribution in [1.29, 1.82) is 0 Å². The second kappa shape index (κ2) is 9.16. The van der Waals surface area contributed by atoms with Crippen molar-refractivity contribution >= 4 is 38.9 Å². The van der Waals surface area contributed by atoms with Gasteiger partial charge in [-0.1, -0.05) is 23.7 Å². The highest BCUT2D eigenvalue weighted by molar-refractivity contribution is 7.90. The van der Waals surface area contributed by atoms with Crippen molar-refractivity contribution in [3.05, 3.63) is 58.6 Å². The first kappa shape index (κ1) is 22.3. The summed E-state index contributed by atoms with van der Waals surface area (Å²) in [7, 11) is -3.45. The number of likely N-dealkylation sites (tertiary alicyclic amines) is 1. The van der Waals surface area contributed by atoms with Crippen molar-refractivity contribution in [2.75, 3.05) is 24.7 Å². The molecule has 0 spiro atoms. The van der Waals surface area contributed by atoms with Gasteiger partial charge in [0.2, 0.25) is 5.91 Å². The number of amides is 2. The minimum atomic E-state index is -3.45. The lowest BCUT2D eigenvalue weighted by Gasteiger charge is -2.31. The monoisotopic (exact) mass is 449 g/mol. The zero-order valence-electron chi connectivity index (χ0n) is 16.6. The molecule has 2 amide bonds. The average molecular weight is 450 g/mol. The number of nitrogens with zero attached hydrogens (tertiary/aromatic N) is 1. The predicted molar refractivity (Wildman–Crippen MR) is 116 cm³/mol. The van der Waals surface area contributed by atoms with Gasteiger partial charge in [0.05, 0.1) is 21.4 Å². The van der Waals surface area contributed by atoms with E-state index in [2.05, 4.69) is 10.2 Å².